The Morgan fingerprint density at radius 1 is 1.32 bits per heavy atom. The smallest absolute Gasteiger partial charge is 0.459 e. The van der Waals surface area contributed by atoms with Gasteiger partial charge in [-0.3, -0.25) is 9.32 Å². The SMILES string of the molecule is C#C[C@@]1(O)[C@H](O)[C@@H](COP(=O)(N[C@@H](C)C(=O)OC2CCCC2)Oc2ccccc2)O[C@H]1n1ccc2c(N)ncnc21. The van der Waals surface area contributed by atoms with Crippen LogP contribution in [0.5, 0.6) is 5.75 Å². The molecule has 5 rings (SSSR count). The number of benzene rings is 1. The fraction of sp³-hybridized carbons (Fsp3) is 0.444. The second-order valence-electron chi connectivity index (χ2n) is 10.1. The molecule has 0 radical (unpaired) electrons. The maximum absolute atomic E-state index is 13.9. The number of rotatable bonds is 10. The number of anilines is 1. The van der Waals surface area contributed by atoms with Crippen LogP contribution in [-0.2, 0) is 23.4 Å². The second kappa shape index (κ2) is 11.8. The van der Waals surface area contributed by atoms with Crippen LogP contribution in [0.4, 0.5) is 5.82 Å². The molecule has 3 heterocycles. The molecule has 0 bridgehead atoms. The molecular weight excluding hydrogens is 553 g/mol. The van der Waals surface area contributed by atoms with Crippen LogP contribution < -0.4 is 15.3 Å². The van der Waals surface area contributed by atoms with Gasteiger partial charge in [0.2, 0.25) is 0 Å². The molecule has 1 unspecified atom stereocenters. The predicted octanol–water partition coefficient (Wildman–Crippen LogP) is 2.30. The Hall–Kier alpha value is -3.50. The molecule has 0 amide bonds. The Balaban J connectivity index is 1.34. The first-order valence-electron chi connectivity index (χ1n) is 13.2. The third-order valence-corrected chi connectivity index (χ3v) is 8.82. The van der Waals surface area contributed by atoms with Gasteiger partial charge in [0.1, 0.15) is 47.9 Å². The van der Waals surface area contributed by atoms with Crippen molar-refractivity contribution in [1.82, 2.24) is 19.6 Å². The summed E-state index contributed by atoms with van der Waals surface area (Å²) in [6.45, 7) is 0.958. The van der Waals surface area contributed by atoms with Crippen LogP contribution in [0, 0.1) is 12.3 Å². The van der Waals surface area contributed by atoms with Gasteiger partial charge < -0.3 is 34.5 Å². The van der Waals surface area contributed by atoms with Crippen molar-refractivity contribution in [1.29, 1.82) is 0 Å². The maximum atomic E-state index is 13.9. The Bertz CT molecular complexity index is 1470. The van der Waals surface area contributed by atoms with Gasteiger partial charge in [-0.05, 0) is 50.8 Å². The van der Waals surface area contributed by atoms with Crippen LogP contribution in [-0.4, -0.2) is 67.3 Å². The molecule has 1 aromatic carbocycles. The molecule has 1 saturated heterocycles. The first-order chi connectivity index (χ1) is 19.6. The number of para-hydroxylation sites is 1. The van der Waals surface area contributed by atoms with E-state index in [1.54, 1.807) is 42.6 Å². The van der Waals surface area contributed by atoms with Crippen LogP contribution in [0.2, 0.25) is 0 Å². The summed E-state index contributed by atoms with van der Waals surface area (Å²) in [5.41, 5.74) is 4.03. The Kier molecular flexibility index (Phi) is 8.33. The number of hydrogen-bond acceptors (Lipinski definition) is 11. The minimum absolute atomic E-state index is 0.187. The standard InChI is InChI=1S/C27H32N5O8P/c1-3-27(35)22(33)21(39-26(27)32-14-13-20-23(28)29-16-30-24(20)32)15-37-41(36,40-19-11-5-4-6-12-19)31-17(2)25(34)38-18-9-7-8-10-18/h1,4-6,11-14,16-18,21-22,26,33,35H,7-10,15H2,2H3,(H,31,36)(H2,28,29,30)/t17-,21+,22+,26+,27+,41?/m0/s1. The van der Waals surface area contributed by atoms with Gasteiger partial charge in [-0.2, -0.15) is 5.09 Å². The van der Waals surface area contributed by atoms with Gasteiger partial charge in [0.05, 0.1) is 12.0 Å². The fourth-order valence-electron chi connectivity index (χ4n) is 4.96. The molecule has 0 spiro atoms. The largest absolute Gasteiger partial charge is 0.461 e. The lowest BCUT2D eigenvalue weighted by Gasteiger charge is -2.26. The molecule has 41 heavy (non-hydrogen) atoms. The first kappa shape index (κ1) is 29.0. The number of aliphatic hydroxyl groups excluding tert-OH is 1. The quantitative estimate of drug-likeness (QED) is 0.155. The molecule has 1 aliphatic carbocycles. The molecule has 14 heteroatoms. The third-order valence-electron chi connectivity index (χ3n) is 7.18. The van der Waals surface area contributed by atoms with Gasteiger partial charge in [-0.15, -0.1) is 6.42 Å². The molecule has 218 valence electrons. The summed E-state index contributed by atoms with van der Waals surface area (Å²) < 4.78 is 38.2. The van der Waals surface area contributed by atoms with Crippen LogP contribution in [0.1, 0.15) is 38.8 Å². The number of terminal acetylenes is 1. The summed E-state index contributed by atoms with van der Waals surface area (Å²) in [6, 6.07) is 8.81. The molecule has 3 aromatic rings. The lowest BCUT2D eigenvalue weighted by molar-refractivity contribution is -0.150. The minimum atomic E-state index is -4.27. The number of hydrogen-bond donors (Lipinski definition) is 4. The molecular formula is C27H32N5O8P. The molecule has 5 N–H and O–H groups in total. The number of nitrogens with one attached hydrogen (secondary N) is 1. The van der Waals surface area contributed by atoms with E-state index in [1.165, 1.54) is 17.8 Å². The lowest BCUT2D eigenvalue weighted by atomic mass is 9.95. The van der Waals surface area contributed by atoms with Gasteiger partial charge in [0.15, 0.2) is 11.8 Å². The average molecular weight is 586 g/mol. The van der Waals surface area contributed by atoms with E-state index in [0.29, 0.717) is 11.0 Å². The van der Waals surface area contributed by atoms with Gasteiger partial charge in [0.25, 0.3) is 0 Å². The van der Waals surface area contributed by atoms with Crippen molar-refractivity contribution in [2.24, 2.45) is 0 Å². The van der Waals surface area contributed by atoms with Gasteiger partial charge >= 0.3 is 13.7 Å². The molecule has 2 fully saturated rings. The summed E-state index contributed by atoms with van der Waals surface area (Å²) in [5.74, 6) is 2.03. The summed E-state index contributed by atoms with van der Waals surface area (Å²) in [4.78, 5) is 20.9. The van der Waals surface area contributed by atoms with E-state index in [9.17, 15) is 19.6 Å². The monoisotopic (exact) mass is 585 g/mol. The molecule has 2 aromatic heterocycles. The number of nitrogens with two attached hydrogens (primary N) is 1. The number of carbonyl (C=O) groups is 1. The summed E-state index contributed by atoms with van der Waals surface area (Å²) in [6.07, 6.45) is 7.54. The number of nitrogens with zero attached hydrogens (tertiary/aromatic N) is 3. The van der Waals surface area contributed by atoms with Crippen molar-refractivity contribution in [3.63, 3.8) is 0 Å². The van der Waals surface area contributed by atoms with E-state index in [4.69, 9.17) is 30.7 Å². The highest BCUT2D eigenvalue weighted by Crippen LogP contribution is 2.47. The number of nitrogen functional groups attached to an aromatic ring is 1. The van der Waals surface area contributed by atoms with E-state index in [2.05, 4.69) is 21.0 Å². The second-order valence-corrected chi connectivity index (χ2v) is 11.7. The van der Waals surface area contributed by atoms with E-state index >= 15 is 0 Å². The van der Waals surface area contributed by atoms with Gasteiger partial charge in [-0.25, -0.2) is 14.5 Å². The fourth-order valence-corrected chi connectivity index (χ4v) is 6.46. The Labute approximate surface area is 236 Å². The van der Waals surface area contributed by atoms with Crippen molar-refractivity contribution in [3.05, 3.63) is 48.9 Å². The van der Waals surface area contributed by atoms with Crippen molar-refractivity contribution in [2.45, 2.75) is 68.8 Å². The average Bonchev–Trinajstić information content (AvgIpc) is 3.68. The zero-order valence-corrected chi connectivity index (χ0v) is 23.2. The third kappa shape index (κ3) is 5.94. The summed E-state index contributed by atoms with van der Waals surface area (Å²) in [5, 5.41) is 25.4. The minimum Gasteiger partial charge on any atom is -0.461 e. The molecule has 1 aliphatic heterocycles. The maximum Gasteiger partial charge on any atom is 0.459 e. The normalized spacial score (nSPS) is 26.8. The Morgan fingerprint density at radius 2 is 2.05 bits per heavy atom. The number of fused-ring (bicyclic) bond motifs is 1. The van der Waals surface area contributed by atoms with E-state index in [0.717, 1.165) is 25.7 Å². The molecule has 1 saturated carbocycles. The van der Waals surface area contributed by atoms with Crippen LogP contribution >= 0.6 is 7.75 Å². The van der Waals surface area contributed by atoms with E-state index in [-0.39, 0.29) is 17.7 Å². The lowest BCUT2D eigenvalue weighted by Crippen LogP contribution is -2.46. The first-order valence-corrected chi connectivity index (χ1v) is 14.8. The summed E-state index contributed by atoms with van der Waals surface area (Å²) in [7, 11) is -4.27. The molecule has 2 aliphatic rings. The van der Waals surface area contributed by atoms with Crippen molar-refractivity contribution < 1.29 is 38.1 Å². The van der Waals surface area contributed by atoms with E-state index < -0.39 is 50.4 Å². The molecule has 13 nitrogen and oxygen atoms in total. The Morgan fingerprint density at radius 3 is 2.76 bits per heavy atom. The number of ether oxygens (including phenoxy) is 2. The van der Waals surface area contributed by atoms with Crippen molar-refractivity contribution >= 4 is 30.6 Å². The van der Waals surface area contributed by atoms with Crippen molar-refractivity contribution in [2.75, 3.05) is 12.3 Å². The van der Waals surface area contributed by atoms with Crippen LogP contribution in [0.15, 0.2) is 48.9 Å². The highest BCUT2D eigenvalue weighted by atomic mass is 31.2. The number of carbonyl (C=O) groups excluding carboxylic acids is 1. The zero-order valence-electron chi connectivity index (χ0n) is 22.3. The summed E-state index contributed by atoms with van der Waals surface area (Å²) >= 11 is 0. The van der Waals surface area contributed by atoms with Crippen LogP contribution in [0.25, 0.3) is 11.0 Å². The highest BCUT2D eigenvalue weighted by Gasteiger charge is 2.56. The van der Waals surface area contributed by atoms with Crippen molar-refractivity contribution in [3.8, 4) is 18.1 Å². The van der Waals surface area contributed by atoms with Gasteiger partial charge in [0, 0.05) is 6.20 Å². The zero-order chi connectivity index (χ0) is 29.2. The number of esters is 1. The highest BCUT2D eigenvalue weighted by molar-refractivity contribution is 7.52. The predicted molar refractivity (Wildman–Crippen MR) is 147 cm³/mol. The van der Waals surface area contributed by atoms with E-state index in [1.807, 2.05) is 0 Å². The topological polar surface area (TPSA) is 180 Å². The van der Waals surface area contributed by atoms with Gasteiger partial charge in [-0.1, -0.05) is 24.1 Å². The van der Waals surface area contributed by atoms with Crippen LogP contribution in [0.3, 0.4) is 0 Å². The number of aromatic nitrogens is 3. The molecule has 6 atom stereocenters. The number of aliphatic hydroxyl groups is 2.